The van der Waals surface area contributed by atoms with Crippen molar-refractivity contribution in [1.29, 1.82) is 0 Å². The van der Waals surface area contributed by atoms with Crippen LogP contribution in [0.15, 0.2) is 35.5 Å². The van der Waals surface area contributed by atoms with Crippen molar-refractivity contribution in [3.8, 4) is 0 Å². The quantitative estimate of drug-likeness (QED) is 0.464. The molecule has 6 atom stereocenters. The summed E-state index contributed by atoms with van der Waals surface area (Å²) in [6.45, 7) is 16.6. The zero-order valence-electron chi connectivity index (χ0n) is 19.4. The van der Waals surface area contributed by atoms with Crippen LogP contribution in [-0.2, 0) is 9.47 Å². The standard InChI is InChI=1S/C27H42O2/c1-18-9-10-19(2)22(16-18)12-11-21-8-7-15-27(6)23(13-14-24(21)27)20(3)28-17-25-26(4,5)29-25/h11-12,18,20,23-25H,2,7-10,13-17H2,1,3-6H3/b21-11+,22-12+/t18-,20-,23+,24-,25?,27+/m0/s1. The topological polar surface area (TPSA) is 21.8 Å². The Balaban J connectivity index is 1.44. The summed E-state index contributed by atoms with van der Waals surface area (Å²) in [4.78, 5) is 0. The number of rotatable bonds is 5. The molecule has 3 saturated carbocycles. The Morgan fingerprint density at radius 1 is 1.17 bits per heavy atom. The lowest BCUT2D eigenvalue weighted by Crippen LogP contribution is -2.39. The molecule has 0 aromatic heterocycles. The Morgan fingerprint density at radius 3 is 2.66 bits per heavy atom. The molecule has 1 unspecified atom stereocenters. The van der Waals surface area contributed by atoms with Crippen LogP contribution in [0, 0.1) is 23.2 Å². The van der Waals surface area contributed by atoms with E-state index in [2.05, 4.69) is 53.3 Å². The Labute approximate surface area is 178 Å². The third-order valence-corrected chi connectivity index (χ3v) is 8.74. The molecule has 0 spiro atoms. The first kappa shape index (κ1) is 21.4. The first-order valence-corrected chi connectivity index (χ1v) is 12.1. The predicted molar refractivity (Wildman–Crippen MR) is 121 cm³/mol. The Hall–Kier alpha value is -0.860. The van der Waals surface area contributed by atoms with Gasteiger partial charge >= 0.3 is 0 Å². The Kier molecular flexibility index (Phi) is 5.90. The van der Waals surface area contributed by atoms with E-state index < -0.39 is 0 Å². The van der Waals surface area contributed by atoms with E-state index in [1.807, 2.05) is 0 Å². The lowest BCUT2D eigenvalue weighted by molar-refractivity contribution is -0.0296. The van der Waals surface area contributed by atoms with E-state index in [1.165, 1.54) is 62.5 Å². The maximum atomic E-state index is 6.35. The molecule has 0 radical (unpaired) electrons. The molecule has 3 aliphatic carbocycles. The Morgan fingerprint density at radius 2 is 1.93 bits per heavy atom. The van der Waals surface area contributed by atoms with Crippen molar-refractivity contribution in [2.24, 2.45) is 23.2 Å². The lowest BCUT2D eigenvalue weighted by atomic mass is 9.62. The zero-order valence-corrected chi connectivity index (χ0v) is 19.4. The van der Waals surface area contributed by atoms with Crippen LogP contribution in [0.25, 0.3) is 0 Å². The molecule has 4 aliphatic rings. The number of allylic oxidation sites excluding steroid dienone is 5. The molecule has 2 heteroatoms. The second kappa shape index (κ2) is 8.00. The number of ether oxygens (including phenoxy) is 2. The van der Waals surface area contributed by atoms with Crippen molar-refractivity contribution in [2.45, 2.75) is 104 Å². The molecule has 0 amide bonds. The van der Waals surface area contributed by atoms with E-state index in [-0.39, 0.29) is 11.7 Å². The lowest BCUT2D eigenvalue weighted by Gasteiger charge is -2.44. The number of hydrogen-bond donors (Lipinski definition) is 0. The van der Waals surface area contributed by atoms with Gasteiger partial charge in [0.15, 0.2) is 0 Å². The maximum absolute atomic E-state index is 6.35. The zero-order chi connectivity index (χ0) is 20.8. The molecule has 4 rings (SSSR count). The second-order valence-corrected chi connectivity index (χ2v) is 11.2. The SMILES string of the molecule is C=C1CC[C@H](C)C/C1=C\C=C1/CCC[C@]2(C)[C@@H]([C@H](C)OCC3OC3(C)C)CC[C@@H]12. The third kappa shape index (κ3) is 4.30. The van der Waals surface area contributed by atoms with Gasteiger partial charge in [0.05, 0.1) is 18.3 Å². The molecule has 0 aromatic carbocycles. The van der Waals surface area contributed by atoms with Gasteiger partial charge in [0.2, 0.25) is 0 Å². The second-order valence-electron chi connectivity index (χ2n) is 11.2. The van der Waals surface area contributed by atoms with Crippen molar-refractivity contribution < 1.29 is 9.47 Å². The molecular weight excluding hydrogens is 356 g/mol. The predicted octanol–water partition coefficient (Wildman–Crippen LogP) is 7.01. The van der Waals surface area contributed by atoms with Gasteiger partial charge in [-0.15, -0.1) is 0 Å². The molecule has 1 aliphatic heterocycles. The van der Waals surface area contributed by atoms with E-state index in [0.717, 1.165) is 18.4 Å². The van der Waals surface area contributed by atoms with Gasteiger partial charge in [-0.25, -0.2) is 0 Å². The van der Waals surface area contributed by atoms with Gasteiger partial charge in [-0.05, 0) is 101 Å². The largest absolute Gasteiger partial charge is 0.375 e. The van der Waals surface area contributed by atoms with E-state index >= 15 is 0 Å². The first-order chi connectivity index (χ1) is 13.7. The summed E-state index contributed by atoms with van der Waals surface area (Å²) < 4.78 is 12.1. The van der Waals surface area contributed by atoms with Crippen LogP contribution in [0.2, 0.25) is 0 Å². The monoisotopic (exact) mass is 398 g/mol. The summed E-state index contributed by atoms with van der Waals surface area (Å²) >= 11 is 0. The van der Waals surface area contributed by atoms with Gasteiger partial charge in [0, 0.05) is 0 Å². The van der Waals surface area contributed by atoms with Gasteiger partial charge < -0.3 is 9.47 Å². The highest BCUT2D eigenvalue weighted by Crippen LogP contribution is 2.58. The van der Waals surface area contributed by atoms with Gasteiger partial charge in [-0.3, -0.25) is 0 Å². The van der Waals surface area contributed by atoms with Gasteiger partial charge in [0.1, 0.15) is 6.10 Å². The Bertz CT molecular complexity index is 699. The van der Waals surface area contributed by atoms with Crippen molar-refractivity contribution in [1.82, 2.24) is 0 Å². The minimum absolute atomic E-state index is 0.0245. The summed E-state index contributed by atoms with van der Waals surface area (Å²) in [5.74, 6) is 2.19. The van der Waals surface area contributed by atoms with Gasteiger partial charge in [-0.2, -0.15) is 0 Å². The highest BCUT2D eigenvalue weighted by atomic mass is 16.6. The number of fused-ring (bicyclic) bond motifs is 1. The smallest absolute Gasteiger partial charge is 0.110 e. The normalized spacial score (nSPS) is 42.9. The summed E-state index contributed by atoms with van der Waals surface area (Å²) in [5.41, 5.74) is 4.98. The minimum atomic E-state index is 0.0245. The maximum Gasteiger partial charge on any atom is 0.110 e. The van der Waals surface area contributed by atoms with Crippen molar-refractivity contribution in [2.75, 3.05) is 6.61 Å². The summed E-state index contributed by atoms with van der Waals surface area (Å²) in [6, 6.07) is 0. The molecule has 29 heavy (non-hydrogen) atoms. The number of hydrogen-bond acceptors (Lipinski definition) is 2. The molecule has 0 aromatic rings. The van der Waals surface area contributed by atoms with Gasteiger partial charge in [-0.1, -0.05) is 43.7 Å². The van der Waals surface area contributed by atoms with Crippen molar-refractivity contribution in [3.63, 3.8) is 0 Å². The highest BCUT2D eigenvalue weighted by molar-refractivity contribution is 5.36. The average molecular weight is 399 g/mol. The van der Waals surface area contributed by atoms with Crippen LogP contribution in [0.3, 0.4) is 0 Å². The van der Waals surface area contributed by atoms with Crippen LogP contribution < -0.4 is 0 Å². The van der Waals surface area contributed by atoms with E-state index in [0.29, 0.717) is 17.4 Å². The van der Waals surface area contributed by atoms with Crippen LogP contribution in [0.5, 0.6) is 0 Å². The van der Waals surface area contributed by atoms with Gasteiger partial charge in [0.25, 0.3) is 0 Å². The van der Waals surface area contributed by atoms with E-state index in [1.54, 1.807) is 5.57 Å². The summed E-state index contributed by atoms with van der Waals surface area (Å²) in [6.07, 6.45) is 15.8. The molecule has 1 saturated heterocycles. The molecular formula is C27H42O2. The number of epoxide rings is 1. The molecule has 1 heterocycles. The van der Waals surface area contributed by atoms with Crippen molar-refractivity contribution >= 4 is 0 Å². The fourth-order valence-electron chi connectivity index (χ4n) is 6.57. The molecule has 4 fully saturated rings. The van der Waals surface area contributed by atoms with E-state index in [9.17, 15) is 0 Å². The van der Waals surface area contributed by atoms with Crippen LogP contribution in [0.1, 0.15) is 86.0 Å². The first-order valence-electron chi connectivity index (χ1n) is 12.1. The third-order valence-electron chi connectivity index (χ3n) is 8.74. The molecule has 2 nitrogen and oxygen atoms in total. The molecule has 0 N–H and O–H groups in total. The summed E-state index contributed by atoms with van der Waals surface area (Å²) in [5, 5.41) is 0. The molecule has 0 bridgehead atoms. The summed E-state index contributed by atoms with van der Waals surface area (Å²) in [7, 11) is 0. The van der Waals surface area contributed by atoms with Crippen molar-refractivity contribution in [3.05, 3.63) is 35.5 Å². The fraction of sp³-hybridized carbons (Fsp3) is 0.778. The molecule has 162 valence electrons. The van der Waals surface area contributed by atoms with Crippen LogP contribution in [0.4, 0.5) is 0 Å². The van der Waals surface area contributed by atoms with Crippen LogP contribution in [-0.4, -0.2) is 24.4 Å². The minimum Gasteiger partial charge on any atom is -0.375 e. The fourth-order valence-corrected chi connectivity index (χ4v) is 6.57. The van der Waals surface area contributed by atoms with Crippen LogP contribution >= 0.6 is 0 Å². The average Bonchev–Trinajstić information content (AvgIpc) is 3.12. The van der Waals surface area contributed by atoms with E-state index in [4.69, 9.17) is 9.47 Å². The highest BCUT2D eigenvalue weighted by Gasteiger charge is 2.52.